The Balaban J connectivity index is 1.40. The minimum absolute atomic E-state index is 0.274. The van der Waals surface area contributed by atoms with E-state index in [-0.39, 0.29) is 4.90 Å². The fourth-order valence-corrected chi connectivity index (χ4v) is 4.85. The lowest BCUT2D eigenvalue weighted by Gasteiger charge is -2.10. The Morgan fingerprint density at radius 3 is 2.41 bits per heavy atom. The van der Waals surface area contributed by atoms with E-state index in [1.54, 1.807) is 28.9 Å². The minimum Gasteiger partial charge on any atom is -0.280 e. The first-order valence-corrected chi connectivity index (χ1v) is 10.8. The van der Waals surface area contributed by atoms with E-state index in [2.05, 4.69) is 22.0 Å². The van der Waals surface area contributed by atoms with Crippen molar-refractivity contribution < 1.29 is 8.42 Å². The number of aryl methyl sites for hydroxylation is 1. The van der Waals surface area contributed by atoms with Crippen molar-refractivity contribution in [2.45, 2.75) is 18.2 Å². The van der Waals surface area contributed by atoms with Gasteiger partial charge in [0.25, 0.3) is 10.0 Å². The molecule has 0 atom stereocenters. The lowest BCUT2D eigenvalue weighted by molar-refractivity contribution is 0.601. The van der Waals surface area contributed by atoms with Crippen LogP contribution in [0.4, 0.5) is 5.69 Å². The average Bonchev–Trinajstić information content (AvgIpc) is 3.31. The van der Waals surface area contributed by atoms with Crippen LogP contribution in [-0.2, 0) is 16.4 Å². The molecule has 0 radical (unpaired) electrons. The molecule has 144 valence electrons. The SMILES string of the molecule is Cc1ccn(-c2ccc(NS(=O)(=O)c3ccc4c(c3)Cc3ccccc3-4)cc2)n1. The Labute approximate surface area is 169 Å². The largest absolute Gasteiger partial charge is 0.280 e. The van der Waals surface area contributed by atoms with Crippen LogP contribution < -0.4 is 4.72 Å². The molecule has 1 aromatic heterocycles. The zero-order valence-electron chi connectivity index (χ0n) is 15.8. The van der Waals surface area contributed by atoms with E-state index in [0.717, 1.165) is 28.9 Å². The predicted molar refractivity (Wildman–Crippen MR) is 114 cm³/mol. The fraction of sp³-hybridized carbons (Fsp3) is 0.0870. The summed E-state index contributed by atoms with van der Waals surface area (Å²) in [5.74, 6) is 0. The third kappa shape index (κ3) is 3.21. The van der Waals surface area contributed by atoms with Crippen LogP contribution in [0, 0.1) is 6.92 Å². The van der Waals surface area contributed by atoms with Gasteiger partial charge in [-0.1, -0.05) is 30.3 Å². The molecule has 0 unspecified atom stereocenters. The van der Waals surface area contributed by atoms with E-state index in [1.807, 2.05) is 49.5 Å². The van der Waals surface area contributed by atoms with Crippen LogP contribution in [-0.4, -0.2) is 18.2 Å². The van der Waals surface area contributed by atoms with E-state index < -0.39 is 10.0 Å². The number of benzene rings is 3. The molecule has 1 N–H and O–H groups in total. The summed E-state index contributed by atoms with van der Waals surface area (Å²) >= 11 is 0. The number of hydrogen-bond donors (Lipinski definition) is 1. The number of nitrogens with one attached hydrogen (secondary N) is 1. The Hall–Kier alpha value is -3.38. The summed E-state index contributed by atoms with van der Waals surface area (Å²) in [6, 6.07) is 22.6. The molecule has 5 rings (SSSR count). The van der Waals surface area contributed by atoms with Crippen LogP contribution in [0.5, 0.6) is 0 Å². The summed E-state index contributed by atoms with van der Waals surface area (Å²) in [7, 11) is -3.67. The number of anilines is 1. The van der Waals surface area contributed by atoms with E-state index >= 15 is 0 Å². The molecule has 0 amide bonds. The average molecular weight is 401 g/mol. The smallest absolute Gasteiger partial charge is 0.261 e. The summed E-state index contributed by atoms with van der Waals surface area (Å²) in [5.41, 5.74) is 6.88. The molecule has 0 spiro atoms. The molecule has 0 saturated heterocycles. The van der Waals surface area contributed by atoms with Crippen LogP contribution in [0.3, 0.4) is 0 Å². The molecule has 0 aliphatic heterocycles. The zero-order valence-corrected chi connectivity index (χ0v) is 16.6. The second-order valence-corrected chi connectivity index (χ2v) is 8.89. The van der Waals surface area contributed by atoms with Crippen LogP contribution in [0.1, 0.15) is 16.8 Å². The van der Waals surface area contributed by atoms with E-state index in [0.29, 0.717) is 5.69 Å². The van der Waals surface area contributed by atoms with Crippen molar-refractivity contribution in [1.29, 1.82) is 0 Å². The maximum atomic E-state index is 12.9. The van der Waals surface area contributed by atoms with Crippen LogP contribution >= 0.6 is 0 Å². The van der Waals surface area contributed by atoms with Crippen molar-refractivity contribution in [3.8, 4) is 16.8 Å². The predicted octanol–water partition coefficient (Wildman–Crippen LogP) is 4.55. The van der Waals surface area contributed by atoms with Crippen molar-refractivity contribution in [2.24, 2.45) is 0 Å². The number of fused-ring (bicyclic) bond motifs is 3. The van der Waals surface area contributed by atoms with Gasteiger partial charge in [0.2, 0.25) is 0 Å². The number of sulfonamides is 1. The van der Waals surface area contributed by atoms with Gasteiger partial charge < -0.3 is 0 Å². The van der Waals surface area contributed by atoms with Gasteiger partial charge in [-0.05, 0) is 78.1 Å². The first kappa shape index (κ1) is 17.7. The Morgan fingerprint density at radius 2 is 1.66 bits per heavy atom. The Kier molecular flexibility index (Phi) is 4.03. The molecule has 3 aromatic carbocycles. The van der Waals surface area contributed by atoms with E-state index in [1.165, 1.54) is 11.1 Å². The first-order valence-electron chi connectivity index (χ1n) is 9.36. The van der Waals surface area contributed by atoms with Gasteiger partial charge in [0.1, 0.15) is 0 Å². The van der Waals surface area contributed by atoms with Crippen LogP contribution in [0.2, 0.25) is 0 Å². The lowest BCUT2D eigenvalue weighted by atomic mass is 10.1. The molecule has 4 aromatic rings. The highest BCUT2D eigenvalue weighted by atomic mass is 32.2. The van der Waals surface area contributed by atoms with Crippen molar-refractivity contribution in [2.75, 3.05) is 4.72 Å². The van der Waals surface area contributed by atoms with Crippen molar-refractivity contribution >= 4 is 15.7 Å². The standard InChI is InChI=1S/C23H19N3O2S/c1-16-12-13-26(24-16)20-8-6-19(7-9-20)25-29(27,28)21-10-11-23-18(15-21)14-17-4-2-3-5-22(17)23/h2-13,15,25H,14H2,1H3. The minimum atomic E-state index is -3.67. The molecule has 0 saturated carbocycles. The summed E-state index contributed by atoms with van der Waals surface area (Å²) in [5, 5.41) is 4.36. The van der Waals surface area contributed by atoms with Gasteiger partial charge in [-0.15, -0.1) is 0 Å². The van der Waals surface area contributed by atoms with Gasteiger partial charge in [0.15, 0.2) is 0 Å². The second kappa shape index (κ2) is 6.60. The van der Waals surface area contributed by atoms with E-state index in [4.69, 9.17) is 0 Å². The third-order valence-electron chi connectivity index (χ3n) is 5.18. The maximum Gasteiger partial charge on any atom is 0.261 e. The first-order chi connectivity index (χ1) is 14.0. The molecular weight excluding hydrogens is 382 g/mol. The highest BCUT2D eigenvalue weighted by molar-refractivity contribution is 7.92. The second-order valence-electron chi connectivity index (χ2n) is 7.21. The van der Waals surface area contributed by atoms with Crippen molar-refractivity contribution in [1.82, 2.24) is 9.78 Å². The Bertz CT molecular complexity index is 1320. The van der Waals surface area contributed by atoms with Gasteiger partial charge in [-0.2, -0.15) is 5.10 Å². The van der Waals surface area contributed by atoms with Gasteiger partial charge in [0, 0.05) is 11.9 Å². The zero-order chi connectivity index (χ0) is 20.0. The monoisotopic (exact) mass is 401 g/mol. The number of nitrogens with zero attached hydrogens (tertiary/aromatic N) is 2. The number of aromatic nitrogens is 2. The number of rotatable bonds is 4. The summed E-state index contributed by atoms with van der Waals surface area (Å²) in [6.45, 7) is 1.92. The summed E-state index contributed by atoms with van der Waals surface area (Å²) in [6.07, 6.45) is 2.63. The highest BCUT2D eigenvalue weighted by Crippen LogP contribution is 2.37. The third-order valence-corrected chi connectivity index (χ3v) is 6.56. The molecule has 29 heavy (non-hydrogen) atoms. The van der Waals surface area contributed by atoms with Gasteiger partial charge in [-0.25, -0.2) is 13.1 Å². The molecular formula is C23H19N3O2S. The number of hydrogen-bond acceptors (Lipinski definition) is 3. The van der Waals surface area contributed by atoms with Crippen molar-refractivity contribution in [3.05, 3.63) is 95.8 Å². The van der Waals surface area contributed by atoms with Gasteiger partial charge >= 0.3 is 0 Å². The molecule has 1 heterocycles. The highest BCUT2D eigenvalue weighted by Gasteiger charge is 2.22. The van der Waals surface area contributed by atoms with Crippen LogP contribution in [0.15, 0.2) is 83.9 Å². The van der Waals surface area contributed by atoms with Gasteiger partial charge in [0.05, 0.1) is 16.3 Å². The molecule has 6 heteroatoms. The van der Waals surface area contributed by atoms with Gasteiger partial charge in [-0.3, -0.25) is 4.72 Å². The molecule has 1 aliphatic rings. The fourth-order valence-electron chi connectivity index (χ4n) is 3.74. The summed E-state index contributed by atoms with van der Waals surface area (Å²) < 4.78 is 30.2. The quantitative estimate of drug-likeness (QED) is 0.480. The molecule has 5 nitrogen and oxygen atoms in total. The molecule has 1 aliphatic carbocycles. The Morgan fingerprint density at radius 1 is 0.897 bits per heavy atom. The molecule has 0 fully saturated rings. The van der Waals surface area contributed by atoms with Crippen molar-refractivity contribution in [3.63, 3.8) is 0 Å². The lowest BCUT2D eigenvalue weighted by Crippen LogP contribution is -2.13. The maximum absolute atomic E-state index is 12.9. The molecule has 0 bridgehead atoms. The summed E-state index contributed by atoms with van der Waals surface area (Å²) in [4.78, 5) is 0.274. The topological polar surface area (TPSA) is 64.0 Å². The normalized spacial score (nSPS) is 12.4. The van der Waals surface area contributed by atoms with Crippen LogP contribution in [0.25, 0.3) is 16.8 Å². The van der Waals surface area contributed by atoms with E-state index in [9.17, 15) is 8.42 Å².